The maximum Gasteiger partial charge on any atom is 0.861 e. The molecule has 4 nitrogen and oxygen atoms in total. The molecule has 5 aromatic carbocycles. The highest BCUT2D eigenvalue weighted by molar-refractivity contribution is 6.46. The number of aromatic nitrogens is 2. The van der Waals surface area contributed by atoms with Crippen molar-refractivity contribution in [2.75, 3.05) is 0 Å². The second kappa shape index (κ2) is 11.3. The molecule has 0 aliphatic carbocycles. The summed E-state index contributed by atoms with van der Waals surface area (Å²) in [7, 11) is 0. The normalized spacial score (nSPS) is 11.2. The van der Waals surface area contributed by atoms with Crippen molar-refractivity contribution in [1.29, 1.82) is 0 Å². The van der Waals surface area contributed by atoms with E-state index in [1.165, 1.54) is 16.5 Å². The van der Waals surface area contributed by atoms with Gasteiger partial charge in [-0.1, -0.05) is 91.0 Å². The fourth-order valence-corrected chi connectivity index (χ4v) is 7.30. The van der Waals surface area contributed by atoms with Crippen molar-refractivity contribution in [3.63, 3.8) is 0 Å². The lowest BCUT2D eigenvalue weighted by molar-refractivity contribution is 0.423. The molecule has 0 saturated heterocycles. The summed E-state index contributed by atoms with van der Waals surface area (Å²) in [5, 5.41) is 5.12. The fraction of sp³-hybridized carbons (Fsp3) is 0.0811. The Morgan fingerprint density at radius 3 is 2.00 bits per heavy atom. The lowest BCUT2D eigenvalue weighted by Crippen LogP contribution is -2.33. The summed E-state index contributed by atoms with van der Waals surface area (Å²) in [5.41, 5.74) is 7.34. The fourth-order valence-electron chi connectivity index (χ4n) is 5.47. The van der Waals surface area contributed by atoms with Gasteiger partial charge in [-0.3, -0.25) is 4.98 Å². The molecule has 0 amide bonds. The van der Waals surface area contributed by atoms with Gasteiger partial charge >= 0.3 is 14.8 Å². The smallest absolute Gasteiger partial charge is 0.612 e. The number of nitrogens with zero attached hydrogens (tertiary/aromatic N) is 2. The molecule has 0 aliphatic heterocycles. The van der Waals surface area contributed by atoms with Crippen LogP contribution < -0.4 is 7.58 Å². The third-order valence-corrected chi connectivity index (χ3v) is 9.42. The highest BCUT2D eigenvalue weighted by Crippen LogP contribution is 2.30. The molecular formula is C37H29AlN2O2. The maximum absolute atomic E-state index is 6.79. The van der Waals surface area contributed by atoms with E-state index in [0.29, 0.717) is 5.28 Å². The van der Waals surface area contributed by atoms with Gasteiger partial charge in [0.2, 0.25) is 0 Å². The van der Waals surface area contributed by atoms with Crippen molar-refractivity contribution in [3.8, 4) is 22.6 Å². The van der Waals surface area contributed by atoms with E-state index >= 15 is 0 Å². The van der Waals surface area contributed by atoms with Crippen molar-refractivity contribution in [2.45, 2.75) is 19.1 Å². The molecule has 7 rings (SSSR count). The number of aryl methyl sites for hydroxylation is 2. The van der Waals surface area contributed by atoms with E-state index in [1.807, 2.05) is 38.1 Å². The number of hydrogen-bond acceptors (Lipinski definition) is 4. The monoisotopic (exact) mass is 560 g/mol. The van der Waals surface area contributed by atoms with Crippen LogP contribution in [0.15, 0.2) is 127 Å². The van der Waals surface area contributed by atoms with E-state index < -0.39 is 14.8 Å². The molecule has 2 heterocycles. The number of fused-ring (bicyclic) bond motifs is 3. The van der Waals surface area contributed by atoms with E-state index in [0.717, 1.165) is 55.6 Å². The van der Waals surface area contributed by atoms with Crippen LogP contribution in [0.2, 0.25) is 0 Å². The van der Waals surface area contributed by atoms with E-state index in [1.54, 1.807) is 0 Å². The summed E-state index contributed by atoms with van der Waals surface area (Å²) in [4.78, 5) is 9.68. The third kappa shape index (κ3) is 5.45. The first kappa shape index (κ1) is 26.2. The SMILES string of the molecule is Cc1ccc2cccc([CH2][Al]([O]c3ccc4cc(-c5ccccc5)ccc4c3)[O]c3cccc4ccc(C)nc34)c2n1. The minimum absolute atomic E-state index is 0.654. The van der Waals surface area contributed by atoms with Crippen LogP contribution in [0.3, 0.4) is 0 Å². The van der Waals surface area contributed by atoms with Gasteiger partial charge in [0.25, 0.3) is 0 Å². The summed E-state index contributed by atoms with van der Waals surface area (Å²) in [6.07, 6.45) is 0. The van der Waals surface area contributed by atoms with Gasteiger partial charge < -0.3 is 7.58 Å². The van der Waals surface area contributed by atoms with Crippen molar-refractivity contribution in [1.82, 2.24) is 9.97 Å². The molecule has 0 bridgehead atoms. The first-order valence-corrected chi connectivity index (χ1v) is 16.0. The largest absolute Gasteiger partial charge is 0.861 e. The molecule has 202 valence electrons. The van der Waals surface area contributed by atoms with Gasteiger partial charge in [0.1, 0.15) is 11.3 Å². The zero-order valence-electron chi connectivity index (χ0n) is 23.6. The first-order valence-electron chi connectivity index (χ1n) is 14.2. The quantitative estimate of drug-likeness (QED) is 0.183. The third-order valence-electron chi connectivity index (χ3n) is 7.60. The molecule has 7 aromatic rings. The van der Waals surface area contributed by atoms with Crippen molar-refractivity contribution in [3.05, 3.63) is 144 Å². The highest BCUT2D eigenvalue weighted by Gasteiger charge is 2.35. The molecule has 0 spiro atoms. The van der Waals surface area contributed by atoms with E-state index in [4.69, 9.17) is 17.5 Å². The van der Waals surface area contributed by atoms with Gasteiger partial charge in [-0.05, 0) is 77.7 Å². The summed E-state index contributed by atoms with van der Waals surface area (Å²) in [6.45, 7) is 4.03. The average molecular weight is 561 g/mol. The summed E-state index contributed by atoms with van der Waals surface area (Å²) >= 11 is -2.38. The minimum Gasteiger partial charge on any atom is -0.612 e. The second-order valence-corrected chi connectivity index (χ2v) is 12.4. The number of hydrogen-bond donors (Lipinski definition) is 0. The molecule has 2 aromatic heterocycles. The van der Waals surface area contributed by atoms with Crippen LogP contribution in [0, 0.1) is 13.8 Å². The van der Waals surface area contributed by atoms with Gasteiger partial charge in [-0.25, -0.2) is 4.98 Å². The van der Waals surface area contributed by atoms with Crippen LogP contribution in [0.1, 0.15) is 17.0 Å². The summed E-state index contributed by atoms with van der Waals surface area (Å²) < 4.78 is 13.5. The molecule has 0 saturated carbocycles. The van der Waals surface area contributed by atoms with Crippen LogP contribution in [0.5, 0.6) is 11.5 Å². The lowest BCUT2D eigenvalue weighted by Gasteiger charge is -2.19. The molecule has 0 unspecified atom stereocenters. The van der Waals surface area contributed by atoms with Crippen molar-refractivity contribution >= 4 is 47.4 Å². The lowest BCUT2D eigenvalue weighted by atomic mass is 10.0. The highest BCUT2D eigenvalue weighted by atomic mass is 27.2. The molecule has 42 heavy (non-hydrogen) atoms. The van der Waals surface area contributed by atoms with Crippen molar-refractivity contribution in [2.24, 2.45) is 0 Å². The molecule has 0 N–H and O–H groups in total. The Bertz CT molecular complexity index is 1970. The predicted molar refractivity (Wildman–Crippen MR) is 173 cm³/mol. The molecule has 0 atom stereocenters. The Labute approximate surface area is 250 Å². The van der Waals surface area contributed by atoms with E-state index in [2.05, 4.69) is 103 Å². The van der Waals surface area contributed by atoms with Gasteiger partial charge in [-0.2, -0.15) is 0 Å². The Hall–Kier alpha value is -4.69. The van der Waals surface area contributed by atoms with Gasteiger partial charge in [-0.15, -0.1) is 0 Å². The Kier molecular flexibility index (Phi) is 7.05. The molecule has 0 radical (unpaired) electrons. The van der Waals surface area contributed by atoms with E-state index in [-0.39, 0.29) is 0 Å². The molecule has 5 heteroatoms. The number of pyridine rings is 2. The zero-order chi connectivity index (χ0) is 28.5. The van der Waals surface area contributed by atoms with Crippen LogP contribution in [0.4, 0.5) is 0 Å². The standard InChI is InChI=1S/C16H12O.C11H10N.C10H9NO.Al/c17-16-9-8-14-10-13(6-7-15(14)11-16)12-4-2-1-3-5-12;1-8-4-3-5-10-7-6-9(2)12-11(8)10;1-7-5-6-8-3-2-4-9(12)10(8)11-7;/h1-11,17H;3-7H,1H2,2H3;2-6,12H,1H3;/q;;;+2/p-2. The number of para-hydroxylation sites is 2. The number of benzene rings is 5. The summed E-state index contributed by atoms with van der Waals surface area (Å²) in [5.74, 6) is 1.56. The topological polar surface area (TPSA) is 44.2 Å². The van der Waals surface area contributed by atoms with Gasteiger partial charge in [0.15, 0.2) is 0 Å². The van der Waals surface area contributed by atoms with E-state index in [9.17, 15) is 0 Å². The Morgan fingerprint density at radius 2 is 1.19 bits per heavy atom. The predicted octanol–water partition coefficient (Wildman–Crippen LogP) is 8.95. The van der Waals surface area contributed by atoms with Crippen LogP contribution >= 0.6 is 0 Å². The molecule has 0 aliphatic rings. The second-order valence-electron chi connectivity index (χ2n) is 10.7. The van der Waals surface area contributed by atoms with Crippen LogP contribution in [-0.4, -0.2) is 24.8 Å². The summed E-state index contributed by atoms with van der Waals surface area (Å²) in [6, 6.07) is 44.0. The van der Waals surface area contributed by atoms with Crippen molar-refractivity contribution < 1.29 is 7.58 Å². The van der Waals surface area contributed by atoms with Crippen LogP contribution in [-0.2, 0) is 5.28 Å². The Morgan fingerprint density at radius 1 is 0.524 bits per heavy atom. The Balaban J connectivity index is 1.25. The number of rotatable bonds is 7. The molecule has 0 fully saturated rings. The van der Waals surface area contributed by atoms with Gasteiger partial charge in [0, 0.05) is 27.4 Å². The zero-order valence-corrected chi connectivity index (χ0v) is 24.8. The first-order chi connectivity index (χ1) is 20.6. The van der Waals surface area contributed by atoms with Crippen LogP contribution in [0.25, 0.3) is 43.7 Å². The molecular weight excluding hydrogens is 531 g/mol. The maximum atomic E-state index is 6.79. The average Bonchev–Trinajstić information content (AvgIpc) is 3.02. The van der Waals surface area contributed by atoms with Gasteiger partial charge in [0.05, 0.1) is 11.3 Å². The minimum atomic E-state index is -2.38.